The highest BCUT2D eigenvalue weighted by molar-refractivity contribution is 6.08. The van der Waals surface area contributed by atoms with Gasteiger partial charge in [-0.2, -0.15) is 0 Å². The van der Waals surface area contributed by atoms with Crippen LogP contribution in [0.5, 0.6) is 0 Å². The van der Waals surface area contributed by atoms with Crippen molar-refractivity contribution in [1.29, 1.82) is 0 Å². The van der Waals surface area contributed by atoms with Crippen LogP contribution in [0.4, 0.5) is 5.69 Å². The van der Waals surface area contributed by atoms with Crippen LogP contribution in [-0.2, 0) is 15.0 Å². The summed E-state index contributed by atoms with van der Waals surface area (Å²) in [7, 11) is 3.70. The molecule has 1 aromatic carbocycles. The molecule has 0 N–H and O–H groups in total. The number of likely N-dealkylation sites (N-methyl/N-ethyl adjacent to an activating group) is 1. The maximum absolute atomic E-state index is 12.8. The maximum atomic E-state index is 12.8. The van der Waals surface area contributed by atoms with Gasteiger partial charge in [0.2, 0.25) is 11.8 Å². The molecule has 112 valence electrons. The summed E-state index contributed by atoms with van der Waals surface area (Å²) in [6.45, 7) is 4.06. The van der Waals surface area contributed by atoms with E-state index >= 15 is 0 Å². The molecule has 2 amide bonds. The van der Waals surface area contributed by atoms with Gasteiger partial charge in [0.15, 0.2) is 0 Å². The summed E-state index contributed by atoms with van der Waals surface area (Å²) in [5, 5.41) is 0. The summed E-state index contributed by atoms with van der Waals surface area (Å²) in [4.78, 5) is 28.2. The van der Waals surface area contributed by atoms with Crippen molar-refractivity contribution >= 4 is 17.5 Å². The lowest BCUT2D eigenvalue weighted by atomic mass is 9.77. The molecule has 1 saturated heterocycles. The van der Waals surface area contributed by atoms with Crippen molar-refractivity contribution in [3.8, 4) is 0 Å². The third kappa shape index (κ3) is 1.88. The van der Waals surface area contributed by atoms with Gasteiger partial charge in [-0.05, 0) is 37.8 Å². The number of likely N-dealkylation sites (tertiary alicyclic amines) is 1. The van der Waals surface area contributed by atoms with Gasteiger partial charge in [-0.1, -0.05) is 18.2 Å². The van der Waals surface area contributed by atoms with Crippen LogP contribution in [0.15, 0.2) is 18.2 Å². The Morgan fingerprint density at radius 2 is 2.00 bits per heavy atom. The minimum absolute atomic E-state index is 0.138. The normalized spacial score (nSPS) is 28.5. The lowest BCUT2D eigenvalue weighted by Crippen LogP contribution is -2.42. The number of hydrogen-bond acceptors (Lipinski definition) is 2. The fourth-order valence-corrected chi connectivity index (χ4v) is 3.91. The summed E-state index contributed by atoms with van der Waals surface area (Å²) in [6, 6.07) is 6.27. The van der Waals surface area contributed by atoms with Crippen molar-refractivity contribution in [2.24, 2.45) is 0 Å². The second-order valence-electron chi connectivity index (χ2n) is 6.57. The SMILES string of the molecule is Cc1cccc2c1N(C)C(=O)C2(C)CC1CCC(=O)N1C. The number of hydrogen-bond donors (Lipinski definition) is 0. The third-order valence-electron chi connectivity index (χ3n) is 5.22. The van der Waals surface area contributed by atoms with Crippen LogP contribution < -0.4 is 4.90 Å². The van der Waals surface area contributed by atoms with Crippen LogP contribution >= 0.6 is 0 Å². The fourth-order valence-electron chi connectivity index (χ4n) is 3.91. The van der Waals surface area contributed by atoms with Gasteiger partial charge in [0, 0.05) is 26.6 Å². The predicted octanol–water partition coefficient (Wildman–Crippen LogP) is 2.24. The number of rotatable bonds is 2. The van der Waals surface area contributed by atoms with Crippen molar-refractivity contribution in [3.63, 3.8) is 0 Å². The van der Waals surface area contributed by atoms with Crippen molar-refractivity contribution < 1.29 is 9.59 Å². The van der Waals surface area contributed by atoms with E-state index in [4.69, 9.17) is 0 Å². The Hall–Kier alpha value is -1.84. The minimum atomic E-state index is -0.528. The Bertz CT molecular complexity index is 625. The molecule has 0 aromatic heterocycles. The zero-order valence-corrected chi connectivity index (χ0v) is 13.1. The molecular weight excluding hydrogens is 264 g/mol. The number of nitrogens with zero attached hydrogens (tertiary/aromatic N) is 2. The van der Waals surface area contributed by atoms with Crippen LogP contribution in [0.2, 0.25) is 0 Å². The smallest absolute Gasteiger partial charge is 0.237 e. The fraction of sp³-hybridized carbons (Fsp3) is 0.529. The molecule has 0 bridgehead atoms. The standard InChI is InChI=1S/C17H22N2O2/c1-11-6-5-7-13-15(11)19(4)16(21)17(13,2)10-12-8-9-14(20)18(12)3/h5-7,12H,8-10H2,1-4H3. The monoisotopic (exact) mass is 286 g/mol. The van der Waals surface area contributed by atoms with Crippen LogP contribution in [0.1, 0.15) is 37.3 Å². The van der Waals surface area contributed by atoms with Crippen molar-refractivity contribution in [2.45, 2.75) is 44.6 Å². The molecule has 4 heteroatoms. The van der Waals surface area contributed by atoms with Crippen molar-refractivity contribution in [3.05, 3.63) is 29.3 Å². The zero-order valence-electron chi connectivity index (χ0n) is 13.1. The van der Waals surface area contributed by atoms with Gasteiger partial charge in [0.25, 0.3) is 0 Å². The topological polar surface area (TPSA) is 40.6 Å². The summed E-state index contributed by atoms with van der Waals surface area (Å²) in [5.41, 5.74) is 2.74. The average molecular weight is 286 g/mol. The number of benzene rings is 1. The van der Waals surface area contributed by atoms with Gasteiger partial charge >= 0.3 is 0 Å². The summed E-state index contributed by atoms with van der Waals surface area (Å²) in [5.74, 6) is 0.325. The van der Waals surface area contributed by atoms with Gasteiger partial charge in [-0.25, -0.2) is 0 Å². The van der Waals surface area contributed by atoms with Crippen LogP contribution in [0.3, 0.4) is 0 Å². The number of carbonyl (C=O) groups excluding carboxylic acids is 2. The average Bonchev–Trinajstić information content (AvgIpc) is 2.85. The second kappa shape index (κ2) is 4.58. The first-order valence-corrected chi connectivity index (χ1v) is 7.50. The van der Waals surface area contributed by atoms with Crippen LogP contribution in [-0.4, -0.2) is 36.9 Å². The lowest BCUT2D eigenvalue weighted by Gasteiger charge is -2.30. The predicted molar refractivity (Wildman–Crippen MR) is 82.4 cm³/mol. The number of para-hydroxylation sites is 1. The number of carbonyl (C=O) groups is 2. The maximum Gasteiger partial charge on any atom is 0.237 e. The molecule has 2 heterocycles. The first-order valence-electron chi connectivity index (χ1n) is 7.50. The Morgan fingerprint density at radius 1 is 1.29 bits per heavy atom. The van der Waals surface area contributed by atoms with Crippen LogP contribution in [0.25, 0.3) is 0 Å². The molecule has 2 atom stereocenters. The molecule has 3 rings (SSSR count). The van der Waals surface area contributed by atoms with Crippen molar-refractivity contribution in [2.75, 3.05) is 19.0 Å². The number of fused-ring (bicyclic) bond motifs is 1. The molecule has 1 fully saturated rings. The van der Waals surface area contributed by atoms with E-state index in [0.29, 0.717) is 12.8 Å². The second-order valence-corrected chi connectivity index (χ2v) is 6.57. The molecule has 0 saturated carbocycles. The van der Waals surface area contributed by atoms with E-state index in [9.17, 15) is 9.59 Å². The van der Waals surface area contributed by atoms with E-state index in [-0.39, 0.29) is 17.9 Å². The van der Waals surface area contributed by atoms with E-state index in [2.05, 4.69) is 6.07 Å². The van der Waals surface area contributed by atoms with E-state index in [1.54, 1.807) is 4.90 Å². The Labute approximate surface area is 125 Å². The molecule has 21 heavy (non-hydrogen) atoms. The van der Waals surface area contributed by atoms with Gasteiger partial charge in [-0.15, -0.1) is 0 Å². The molecule has 0 spiro atoms. The Kier molecular flexibility index (Phi) is 3.08. The largest absolute Gasteiger partial charge is 0.343 e. The van der Waals surface area contributed by atoms with Crippen LogP contribution in [0, 0.1) is 6.92 Å². The molecule has 2 aliphatic rings. The number of anilines is 1. The highest BCUT2D eigenvalue weighted by atomic mass is 16.2. The van der Waals surface area contributed by atoms with E-state index in [0.717, 1.165) is 23.2 Å². The first kappa shape index (κ1) is 14.1. The van der Waals surface area contributed by atoms with Gasteiger partial charge < -0.3 is 9.80 Å². The van der Waals surface area contributed by atoms with Gasteiger partial charge in [0.1, 0.15) is 0 Å². The quantitative estimate of drug-likeness (QED) is 0.836. The lowest BCUT2D eigenvalue weighted by molar-refractivity contribution is -0.129. The molecule has 1 aromatic rings. The molecule has 0 radical (unpaired) electrons. The van der Waals surface area contributed by atoms with E-state index < -0.39 is 5.41 Å². The van der Waals surface area contributed by atoms with Gasteiger partial charge in [-0.3, -0.25) is 9.59 Å². The zero-order chi connectivity index (χ0) is 15.4. The molecular formula is C17H22N2O2. The van der Waals surface area contributed by atoms with Crippen molar-refractivity contribution in [1.82, 2.24) is 4.90 Å². The van der Waals surface area contributed by atoms with Gasteiger partial charge in [0.05, 0.1) is 11.1 Å². The summed E-state index contributed by atoms with van der Waals surface area (Å²) < 4.78 is 0. The highest BCUT2D eigenvalue weighted by Crippen LogP contribution is 2.46. The van der Waals surface area contributed by atoms with E-state index in [1.807, 2.05) is 45.0 Å². The Morgan fingerprint density at radius 3 is 2.62 bits per heavy atom. The summed E-state index contributed by atoms with van der Waals surface area (Å²) in [6.07, 6.45) is 2.15. The number of amides is 2. The molecule has 4 nitrogen and oxygen atoms in total. The molecule has 2 aliphatic heterocycles. The van der Waals surface area contributed by atoms with E-state index in [1.165, 1.54) is 0 Å². The molecule has 0 aliphatic carbocycles. The Balaban J connectivity index is 2.00. The molecule has 2 unspecified atom stereocenters. The third-order valence-corrected chi connectivity index (χ3v) is 5.22. The number of aryl methyl sites for hydroxylation is 1. The highest BCUT2D eigenvalue weighted by Gasteiger charge is 2.49. The first-order chi connectivity index (χ1) is 9.86. The summed E-state index contributed by atoms with van der Waals surface area (Å²) >= 11 is 0. The minimum Gasteiger partial charge on any atom is -0.343 e.